The van der Waals surface area contributed by atoms with E-state index in [1.807, 2.05) is 12.1 Å². The molecular formula is C15H24ClNO. The van der Waals surface area contributed by atoms with Gasteiger partial charge in [0.15, 0.2) is 0 Å². The number of nitrogens with zero attached hydrogens (tertiary/aromatic N) is 1. The summed E-state index contributed by atoms with van der Waals surface area (Å²) in [5.74, 6) is 1.12. The molecule has 2 nitrogen and oxygen atoms in total. The normalized spacial score (nSPS) is 24.6. The molecule has 2 rings (SSSR count). The maximum absolute atomic E-state index is 9.63. The average Bonchev–Trinajstić information content (AvgIpc) is 2.29. The van der Waals surface area contributed by atoms with Gasteiger partial charge in [-0.1, -0.05) is 25.5 Å². The number of benzene rings is 1. The Morgan fingerprint density at radius 2 is 2.17 bits per heavy atom. The van der Waals surface area contributed by atoms with E-state index in [1.54, 1.807) is 6.07 Å². The minimum atomic E-state index is 0. The van der Waals surface area contributed by atoms with E-state index in [0.717, 1.165) is 5.92 Å². The van der Waals surface area contributed by atoms with Crippen molar-refractivity contribution in [2.45, 2.75) is 38.6 Å². The summed E-state index contributed by atoms with van der Waals surface area (Å²) in [7, 11) is 2.20. The quantitative estimate of drug-likeness (QED) is 0.897. The van der Waals surface area contributed by atoms with Gasteiger partial charge in [-0.2, -0.15) is 0 Å². The predicted molar refractivity (Wildman–Crippen MR) is 78.4 cm³/mol. The molecule has 0 radical (unpaired) electrons. The zero-order valence-corrected chi connectivity index (χ0v) is 12.1. The number of rotatable bonds is 3. The highest BCUT2D eigenvalue weighted by Gasteiger charge is 2.29. The summed E-state index contributed by atoms with van der Waals surface area (Å²) in [6, 6.07) is 8.26. The molecule has 1 fully saturated rings. The lowest BCUT2D eigenvalue weighted by Gasteiger charge is -2.39. The number of phenols is 1. The fourth-order valence-electron chi connectivity index (χ4n) is 3.17. The first-order valence-electron chi connectivity index (χ1n) is 6.71. The zero-order valence-electron chi connectivity index (χ0n) is 11.3. The maximum Gasteiger partial charge on any atom is 0.115 e. The lowest BCUT2D eigenvalue weighted by Crippen LogP contribution is -2.36. The number of hydrogen-bond acceptors (Lipinski definition) is 2. The summed E-state index contributed by atoms with van der Waals surface area (Å²) in [6.45, 7) is 3.43. The Bertz CT molecular complexity index is 367. The van der Waals surface area contributed by atoms with Crippen molar-refractivity contribution in [2.75, 3.05) is 13.6 Å². The maximum atomic E-state index is 9.63. The van der Waals surface area contributed by atoms with Crippen LogP contribution in [0, 0.1) is 5.92 Å². The first-order chi connectivity index (χ1) is 8.22. The third-order valence-electron chi connectivity index (χ3n) is 3.88. The Morgan fingerprint density at radius 3 is 2.83 bits per heavy atom. The molecule has 102 valence electrons. The number of halogens is 1. The lowest BCUT2D eigenvalue weighted by atomic mass is 9.82. The van der Waals surface area contributed by atoms with Gasteiger partial charge in [-0.25, -0.2) is 0 Å². The Morgan fingerprint density at radius 1 is 1.39 bits per heavy atom. The third kappa shape index (κ3) is 3.39. The van der Waals surface area contributed by atoms with Crippen LogP contribution in [0.2, 0.25) is 0 Å². The Kier molecular flexibility index (Phi) is 5.97. The van der Waals surface area contributed by atoms with E-state index >= 15 is 0 Å². The molecule has 1 aromatic rings. The van der Waals surface area contributed by atoms with Gasteiger partial charge in [-0.3, -0.25) is 4.90 Å². The van der Waals surface area contributed by atoms with Gasteiger partial charge in [0.05, 0.1) is 0 Å². The highest BCUT2D eigenvalue weighted by Crippen LogP contribution is 2.38. The van der Waals surface area contributed by atoms with Crippen molar-refractivity contribution < 1.29 is 5.11 Å². The van der Waals surface area contributed by atoms with E-state index in [4.69, 9.17) is 0 Å². The second-order valence-electron chi connectivity index (χ2n) is 5.21. The Hall–Kier alpha value is -0.730. The standard InChI is InChI=1S/C15H23NO.ClH/c1-3-6-12-8-5-10-16(2)15(12)13-7-4-9-14(17)11-13;/h4,7,9,11-12,15,17H,3,5-6,8,10H2,1-2H3;1H. The molecule has 0 bridgehead atoms. The van der Waals surface area contributed by atoms with E-state index < -0.39 is 0 Å². The lowest BCUT2D eigenvalue weighted by molar-refractivity contribution is 0.114. The van der Waals surface area contributed by atoms with Gasteiger partial charge in [-0.15, -0.1) is 12.4 Å². The van der Waals surface area contributed by atoms with E-state index in [0.29, 0.717) is 11.8 Å². The molecule has 1 N–H and O–H groups in total. The molecule has 0 aliphatic carbocycles. The van der Waals surface area contributed by atoms with Crippen LogP contribution >= 0.6 is 12.4 Å². The largest absolute Gasteiger partial charge is 0.508 e. The molecule has 2 atom stereocenters. The fraction of sp³-hybridized carbons (Fsp3) is 0.600. The Balaban J connectivity index is 0.00000162. The van der Waals surface area contributed by atoms with Crippen molar-refractivity contribution in [1.82, 2.24) is 4.90 Å². The van der Waals surface area contributed by atoms with Gasteiger partial charge in [0.25, 0.3) is 0 Å². The first-order valence-corrected chi connectivity index (χ1v) is 6.71. The van der Waals surface area contributed by atoms with E-state index in [9.17, 15) is 5.11 Å². The van der Waals surface area contributed by atoms with Crippen LogP contribution in [0.15, 0.2) is 24.3 Å². The van der Waals surface area contributed by atoms with Crippen molar-refractivity contribution in [3.8, 4) is 5.75 Å². The molecule has 0 amide bonds. The summed E-state index contributed by atoms with van der Waals surface area (Å²) in [6.07, 6.45) is 5.15. The van der Waals surface area contributed by atoms with E-state index in [1.165, 1.54) is 37.8 Å². The average molecular weight is 270 g/mol. The molecular weight excluding hydrogens is 246 g/mol. The summed E-state index contributed by atoms with van der Waals surface area (Å²) in [5, 5.41) is 9.63. The minimum absolute atomic E-state index is 0. The summed E-state index contributed by atoms with van der Waals surface area (Å²) in [4.78, 5) is 2.44. The van der Waals surface area contributed by atoms with Crippen LogP contribution in [0.25, 0.3) is 0 Å². The first kappa shape index (κ1) is 15.3. The van der Waals surface area contributed by atoms with Gasteiger partial charge in [0, 0.05) is 6.04 Å². The molecule has 1 heterocycles. The molecule has 2 unspecified atom stereocenters. The van der Waals surface area contributed by atoms with Crippen molar-refractivity contribution in [3.63, 3.8) is 0 Å². The highest BCUT2D eigenvalue weighted by atomic mass is 35.5. The second-order valence-corrected chi connectivity index (χ2v) is 5.21. The van der Waals surface area contributed by atoms with Crippen molar-refractivity contribution in [2.24, 2.45) is 5.92 Å². The van der Waals surface area contributed by atoms with Crippen molar-refractivity contribution in [3.05, 3.63) is 29.8 Å². The second kappa shape index (κ2) is 7.01. The van der Waals surface area contributed by atoms with Gasteiger partial charge in [-0.05, 0) is 56.5 Å². The third-order valence-corrected chi connectivity index (χ3v) is 3.88. The number of aromatic hydroxyl groups is 1. The van der Waals surface area contributed by atoms with Crippen LogP contribution in [-0.4, -0.2) is 23.6 Å². The van der Waals surface area contributed by atoms with Crippen LogP contribution < -0.4 is 0 Å². The molecule has 1 aromatic carbocycles. The minimum Gasteiger partial charge on any atom is -0.508 e. The number of piperidine rings is 1. The molecule has 1 saturated heterocycles. The van der Waals surface area contributed by atoms with E-state index in [2.05, 4.69) is 24.9 Å². The Labute approximate surface area is 116 Å². The summed E-state index contributed by atoms with van der Waals surface area (Å²) < 4.78 is 0. The molecule has 0 saturated carbocycles. The van der Waals surface area contributed by atoms with Crippen LogP contribution in [0.4, 0.5) is 0 Å². The van der Waals surface area contributed by atoms with E-state index in [-0.39, 0.29) is 12.4 Å². The van der Waals surface area contributed by atoms with Gasteiger partial charge in [0.1, 0.15) is 5.75 Å². The number of likely N-dealkylation sites (tertiary alicyclic amines) is 1. The fourth-order valence-corrected chi connectivity index (χ4v) is 3.17. The van der Waals surface area contributed by atoms with Crippen molar-refractivity contribution in [1.29, 1.82) is 0 Å². The summed E-state index contributed by atoms with van der Waals surface area (Å²) >= 11 is 0. The SMILES string of the molecule is CCCC1CCCN(C)C1c1cccc(O)c1.Cl. The molecule has 0 aromatic heterocycles. The monoisotopic (exact) mass is 269 g/mol. The van der Waals surface area contributed by atoms with Crippen LogP contribution in [0.3, 0.4) is 0 Å². The van der Waals surface area contributed by atoms with Gasteiger partial charge < -0.3 is 5.11 Å². The predicted octanol–water partition coefficient (Wildman–Crippen LogP) is 4.00. The summed E-state index contributed by atoms with van der Waals surface area (Å²) in [5.41, 5.74) is 1.27. The van der Waals surface area contributed by atoms with Gasteiger partial charge in [0.2, 0.25) is 0 Å². The van der Waals surface area contributed by atoms with Crippen molar-refractivity contribution >= 4 is 12.4 Å². The molecule has 0 spiro atoms. The van der Waals surface area contributed by atoms with Crippen LogP contribution in [0.1, 0.15) is 44.2 Å². The van der Waals surface area contributed by atoms with Crippen LogP contribution in [0.5, 0.6) is 5.75 Å². The molecule has 1 aliphatic heterocycles. The molecule has 3 heteroatoms. The highest BCUT2D eigenvalue weighted by molar-refractivity contribution is 5.85. The van der Waals surface area contributed by atoms with Crippen LogP contribution in [-0.2, 0) is 0 Å². The topological polar surface area (TPSA) is 23.5 Å². The molecule has 1 aliphatic rings. The number of hydrogen-bond donors (Lipinski definition) is 1. The molecule has 18 heavy (non-hydrogen) atoms. The zero-order chi connectivity index (χ0) is 12.3. The smallest absolute Gasteiger partial charge is 0.115 e. The van der Waals surface area contributed by atoms with Gasteiger partial charge >= 0.3 is 0 Å². The number of phenolic OH excluding ortho intramolecular Hbond substituents is 1.